The van der Waals surface area contributed by atoms with E-state index in [0.29, 0.717) is 0 Å². The van der Waals surface area contributed by atoms with Gasteiger partial charge in [0.1, 0.15) is 0 Å². The summed E-state index contributed by atoms with van der Waals surface area (Å²) < 4.78 is -0.468. The van der Waals surface area contributed by atoms with Crippen LogP contribution in [0.1, 0.15) is 65.2 Å². The maximum absolute atomic E-state index is 12.2. The lowest BCUT2D eigenvalue weighted by molar-refractivity contribution is -0.123. The third-order valence-corrected chi connectivity index (χ3v) is 5.29. The number of halogens is 1. The number of alkyl halides is 1. The van der Waals surface area contributed by atoms with Gasteiger partial charge in [0.2, 0.25) is 5.91 Å². The van der Waals surface area contributed by atoms with Crippen LogP contribution in [0, 0.1) is 0 Å². The van der Waals surface area contributed by atoms with Gasteiger partial charge in [-0.25, -0.2) is 0 Å². The largest absolute Gasteiger partial charge is 0.353 e. The van der Waals surface area contributed by atoms with Crippen LogP contribution in [-0.2, 0) is 4.79 Å². The molecule has 0 aromatic heterocycles. The second kappa shape index (κ2) is 6.78. The van der Waals surface area contributed by atoms with Crippen LogP contribution >= 0.6 is 15.9 Å². The maximum atomic E-state index is 12.2. The van der Waals surface area contributed by atoms with Crippen molar-refractivity contribution >= 4 is 21.8 Å². The molecule has 0 spiro atoms. The van der Waals surface area contributed by atoms with Crippen LogP contribution in [0.5, 0.6) is 0 Å². The molecule has 1 heterocycles. The van der Waals surface area contributed by atoms with Crippen molar-refractivity contribution in [2.75, 3.05) is 19.6 Å². The number of carbonyl (C=O) groups is 1. The molecule has 0 radical (unpaired) electrons. The lowest BCUT2D eigenvalue weighted by Crippen LogP contribution is -2.59. The van der Waals surface area contributed by atoms with Crippen molar-refractivity contribution in [1.82, 2.24) is 10.2 Å². The summed E-state index contributed by atoms with van der Waals surface area (Å²) in [5.41, 5.74) is 0.229. The standard InChI is InChI=1S/C16H29BrN2O/c1-15(2,17)14(20)18-13-16(9-5-3-6-10-16)19-11-7-4-8-12-19/h3-13H2,1-2H3,(H,18,20). The van der Waals surface area contributed by atoms with Gasteiger partial charge in [0.15, 0.2) is 0 Å². The summed E-state index contributed by atoms with van der Waals surface area (Å²) in [7, 11) is 0. The average Bonchev–Trinajstić information content (AvgIpc) is 2.45. The number of hydrogen-bond acceptors (Lipinski definition) is 2. The first-order chi connectivity index (χ1) is 9.44. The molecule has 20 heavy (non-hydrogen) atoms. The van der Waals surface area contributed by atoms with Crippen molar-refractivity contribution in [2.24, 2.45) is 0 Å². The monoisotopic (exact) mass is 344 g/mol. The average molecular weight is 345 g/mol. The van der Waals surface area contributed by atoms with Crippen LogP contribution in [0.2, 0.25) is 0 Å². The van der Waals surface area contributed by atoms with E-state index in [2.05, 4.69) is 26.1 Å². The van der Waals surface area contributed by atoms with Crippen molar-refractivity contribution in [3.05, 3.63) is 0 Å². The number of amides is 1. The predicted octanol–water partition coefficient (Wildman–Crippen LogP) is 3.46. The van der Waals surface area contributed by atoms with Gasteiger partial charge in [-0.2, -0.15) is 0 Å². The van der Waals surface area contributed by atoms with Gasteiger partial charge in [0.05, 0.1) is 4.32 Å². The molecule has 2 fully saturated rings. The van der Waals surface area contributed by atoms with Crippen molar-refractivity contribution in [3.63, 3.8) is 0 Å². The molecule has 1 saturated heterocycles. The third-order valence-electron chi connectivity index (χ3n) is 4.93. The molecule has 1 aliphatic heterocycles. The van der Waals surface area contributed by atoms with Gasteiger partial charge in [0.25, 0.3) is 0 Å². The zero-order chi connectivity index (χ0) is 14.6. The van der Waals surface area contributed by atoms with Crippen molar-refractivity contribution in [2.45, 2.75) is 75.1 Å². The predicted molar refractivity (Wildman–Crippen MR) is 87.3 cm³/mol. The van der Waals surface area contributed by atoms with Crippen LogP contribution in [0.3, 0.4) is 0 Å². The van der Waals surface area contributed by atoms with E-state index in [1.54, 1.807) is 0 Å². The summed E-state index contributed by atoms with van der Waals surface area (Å²) in [4.78, 5) is 14.8. The fourth-order valence-electron chi connectivity index (χ4n) is 3.64. The molecular weight excluding hydrogens is 316 g/mol. The molecule has 4 heteroatoms. The van der Waals surface area contributed by atoms with E-state index in [9.17, 15) is 4.79 Å². The first-order valence-electron chi connectivity index (χ1n) is 8.16. The van der Waals surface area contributed by atoms with Gasteiger partial charge in [0, 0.05) is 12.1 Å². The second-order valence-corrected chi connectivity index (χ2v) is 8.97. The highest BCUT2D eigenvalue weighted by molar-refractivity contribution is 9.10. The van der Waals surface area contributed by atoms with Crippen molar-refractivity contribution in [1.29, 1.82) is 0 Å². The van der Waals surface area contributed by atoms with Crippen LogP contribution in [-0.4, -0.2) is 40.3 Å². The smallest absolute Gasteiger partial charge is 0.236 e. The number of nitrogens with zero attached hydrogens (tertiary/aromatic N) is 1. The normalized spacial score (nSPS) is 24.4. The summed E-state index contributed by atoms with van der Waals surface area (Å²) in [5.74, 6) is 0.111. The Balaban J connectivity index is 2.01. The zero-order valence-corrected chi connectivity index (χ0v) is 14.6. The van der Waals surface area contributed by atoms with E-state index >= 15 is 0 Å². The molecule has 0 aromatic carbocycles. The van der Waals surface area contributed by atoms with Crippen LogP contribution in [0.25, 0.3) is 0 Å². The summed E-state index contributed by atoms with van der Waals surface area (Å²) in [6, 6.07) is 0. The Hall–Kier alpha value is -0.0900. The van der Waals surface area contributed by atoms with Gasteiger partial charge < -0.3 is 5.32 Å². The number of carbonyl (C=O) groups excluding carboxylic acids is 1. The van der Waals surface area contributed by atoms with Gasteiger partial charge >= 0.3 is 0 Å². The van der Waals surface area contributed by atoms with E-state index in [0.717, 1.165) is 6.54 Å². The molecule has 1 aliphatic carbocycles. The van der Waals surface area contributed by atoms with Crippen LogP contribution in [0.4, 0.5) is 0 Å². The molecule has 1 N–H and O–H groups in total. The van der Waals surface area contributed by atoms with E-state index in [1.165, 1.54) is 64.5 Å². The molecule has 0 unspecified atom stereocenters. The summed E-state index contributed by atoms with van der Waals surface area (Å²) in [6.45, 7) is 7.08. The van der Waals surface area contributed by atoms with Gasteiger partial charge in [-0.05, 0) is 52.6 Å². The van der Waals surface area contributed by atoms with Crippen LogP contribution < -0.4 is 5.32 Å². The lowest BCUT2D eigenvalue weighted by Gasteiger charge is -2.48. The van der Waals surface area contributed by atoms with E-state index < -0.39 is 4.32 Å². The molecule has 0 atom stereocenters. The Kier molecular flexibility index (Phi) is 5.52. The minimum atomic E-state index is -0.468. The Morgan fingerprint density at radius 1 is 1.10 bits per heavy atom. The second-order valence-electron chi connectivity index (χ2n) is 6.99. The van der Waals surface area contributed by atoms with E-state index in [1.807, 2.05) is 13.8 Å². The zero-order valence-electron chi connectivity index (χ0n) is 13.0. The Morgan fingerprint density at radius 2 is 1.65 bits per heavy atom. The molecule has 0 aromatic rings. The first-order valence-corrected chi connectivity index (χ1v) is 8.96. The fourth-order valence-corrected chi connectivity index (χ4v) is 3.78. The van der Waals surface area contributed by atoms with Crippen LogP contribution in [0.15, 0.2) is 0 Å². The molecule has 116 valence electrons. The number of rotatable bonds is 4. The summed E-state index contributed by atoms with van der Waals surface area (Å²) in [6.07, 6.45) is 10.5. The fraction of sp³-hybridized carbons (Fsp3) is 0.938. The van der Waals surface area contributed by atoms with Gasteiger partial charge in [-0.3, -0.25) is 9.69 Å². The lowest BCUT2D eigenvalue weighted by atomic mass is 9.79. The van der Waals surface area contributed by atoms with E-state index in [-0.39, 0.29) is 11.4 Å². The number of piperidine rings is 1. The Bertz CT molecular complexity index is 326. The highest BCUT2D eigenvalue weighted by Gasteiger charge is 2.39. The molecule has 1 amide bonds. The highest BCUT2D eigenvalue weighted by Crippen LogP contribution is 2.35. The SMILES string of the molecule is CC(C)(Br)C(=O)NCC1(N2CCCCC2)CCCCC1. The number of hydrogen-bond donors (Lipinski definition) is 1. The Labute approximate surface area is 132 Å². The maximum Gasteiger partial charge on any atom is 0.236 e. The molecule has 0 bridgehead atoms. The van der Waals surface area contributed by atoms with Gasteiger partial charge in [-0.1, -0.05) is 41.6 Å². The quantitative estimate of drug-likeness (QED) is 0.792. The minimum Gasteiger partial charge on any atom is -0.353 e. The van der Waals surface area contributed by atoms with E-state index in [4.69, 9.17) is 0 Å². The third kappa shape index (κ3) is 3.97. The number of likely N-dealkylation sites (tertiary alicyclic amines) is 1. The van der Waals surface area contributed by atoms with Crippen molar-refractivity contribution in [3.8, 4) is 0 Å². The summed E-state index contributed by atoms with van der Waals surface area (Å²) >= 11 is 3.46. The molecule has 2 rings (SSSR count). The Morgan fingerprint density at radius 3 is 2.20 bits per heavy atom. The minimum absolute atomic E-state index is 0.111. The molecule has 3 nitrogen and oxygen atoms in total. The molecule has 1 saturated carbocycles. The summed E-state index contributed by atoms with van der Waals surface area (Å²) in [5, 5.41) is 3.20. The number of nitrogens with one attached hydrogen (secondary N) is 1. The first kappa shape index (κ1) is 16.3. The molecular formula is C16H29BrN2O. The molecule has 2 aliphatic rings. The van der Waals surface area contributed by atoms with Crippen molar-refractivity contribution < 1.29 is 4.79 Å². The topological polar surface area (TPSA) is 32.3 Å². The van der Waals surface area contributed by atoms with Gasteiger partial charge in [-0.15, -0.1) is 0 Å². The highest BCUT2D eigenvalue weighted by atomic mass is 79.9.